The normalized spacial score (nSPS) is 10.8. The van der Waals surface area contributed by atoms with Crippen LogP contribution in [0.15, 0.2) is 65.7 Å². The fourth-order valence-electron chi connectivity index (χ4n) is 3.15. The van der Waals surface area contributed by atoms with E-state index in [1.807, 2.05) is 28.8 Å². The lowest BCUT2D eigenvalue weighted by molar-refractivity contribution is -0.113. The number of hydrogen-bond donors (Lipinski definition) is 1. The molecule has 0 spiro atoms. The van der Waals surface area contributed by atoms with E-state index in [0.29, 0.717) is 23.3 Å². The number of ether oxygens (including phenoxy) is 1. The zero-order valence-corrected chi connectivity index (χ0v) is 19.6. The maximum atomic E-state index is 14.0. The summed E-state index contributed by atoms with van der Waals surface area (Å²) in [7, 11) is 1.58. The number of allylic oxidation sites excluding steroid dienone is 1. The Kier molecular flexibility index (Phi) is 7.33. The topological polar surface area (TPSA) is 81.9 Å². The Morgan fingerprint density at radius 2 is 2.06 bits per heavy atom. The zero-order chi connectivity index (χ0) is 24.1. The average Bonchev–Trinajstić information content (AvgIpc) is 3.46. The summed E-state index contributed by atoms with van der Waals surface area (Å²) in [5.74, 6) is -0.178. The van der Waals surface area contributed by atoms with Crippen LogP contribution in [0.3, 0.4) is 0 Å². The molecule has 1 N–H and O–H groups in total. The van der Waals surface area contributed by atoms with Gasteiger partial charge in [0.2, 0.25) is 5.91 Å². The Morgan fingerprint density at radius 1 is 1.24 bits per heavy atom. The molecule has 0 aliphatic carbocycles. The van der Waals surface area contributed by atoms with E-state index in [4.69, 9.17) is 4.74 Å². The number of rotatable bonds is 9. The first kappa shape index (κ1) is 23.6. The summed E-state index contributed by atoms with van der Waals surface area (Å²) in [6, 6.07) is 10.6. The predicted molar refractivity (Wildman–Crippen MR) is 129 cm³/mol. The van der Waals surface area contributed by atoms with Gasteiger partial charge in [0.1, 0.15) is 17.4 Å². The maximum absolute atomic E-state index is 14.0. The van der Waals surface area contributed by atoms with Crippen LogP contribution in [-0.4, -0.2) is 38.5 Å². The number of methoxy groups -OCH3 is 1. The number of carbonyl (C=O) groups is 1. The van der Waals surface area contributed by atoms with Gasteiger partial charge in [-0.2, -0.15) is 0 Å². The van der Waals surface area contributed by atoms with Crippen LogP contribution < -0.4 is 10.1 Å². The van der Waals surface area contributed by atoms with Crippen molar-refractivity contribution in [3.05, 3.63) is 72.1 Å². The quantitative estimate of drug-likeness (QED) is 0.250. The summed E-state index contributed by atoms with van der Waals surface area (Å²) >= 11 is 2.33. The molecule has 0 fully saturated rings. The molecule has 7 nitrogen and oxygen atoms in total. The second kappa shape index (κ2) is 10.6. The third-order valence-corrected chi connectivity index (χ3v) is 6.39. The first-order valence-corrected chi connectivity index (χ1v) is 11.9. The summed E-state index contributed by atoms with van der Waals surface area (Å²) in [5, 5.41) is 13.6. The number of carbonyl (C=O) groups excluding carboxylic acids is 1. The molecule has 0 saturated heterocycles. The number of halogens is 2. The van der Waals surface area contributed by atoms with Gasteiger partial charge in [-0.05, 0) is 30.3 Å². The number of thiazole rings is 1. The number of hydrogen-bond acceptors (Lipinski definition) is 7. The van der Waals surface area contributed by atoms with Gasteiger partial charge < -0.3 is 10.1 Å². The lowest BCUT2D eigenvalue weighted by atomic mass is 10.1. The van der Waals surface area contributed by atoms with Crippen molar-refractivity contribution in [1.29, 1.82) is 0 Å². The van der Waals surface area contributed by atoms with E-state index in [-0.39, 0.29) is 28.0 Å². The van der Waals surface area contributed by atoms with E-state index in [9.17, 15) is 13.6 Å². The molecular weight excluding hydrogens is 480 g/mol. The Labute approximate surface area is 202 Å². The first-order chi connectivity index (χ1) is 16.5. The number of nitrogens with zero attached hydrogens (tertiary/aromatic N) is 4. The molecular formula is C23H19F2N5O2S2. The van der Waals surface area contributed by atoms with Crippen molar-refractivity contribution < 1.29 is 18.3 Å². The summed E-state index contributed by atoms with van der Waals surface area (Å²) in [6.45, 7) is 4.23. The van der Waals surface area contributed by atoms with Crippen molar-refractivity contribution >= 4 is 34.1 Å². The third kappa shape index (κ3) is 5.15. The first-order valence-electron chi connectivity index (χ1n) is 10.0. The van der Waals surface area contributed by atoms with E-state index in [1.165, 1.54) is 11.8 Å². The van der Waals surface area contributed by atoms with E-state index < -0.39 is 11.6 Å². The van der Waals surface area contributed by atoms with Crippen molar-refractivity contribution in [1.82, 2.24) is 19.7 Å². The standard InChI is InChI=1S/C23H19F2N5O2S2/c1-3-10-30-21(15-6-4-5-7-19(15)32-2)28-29-23(30)34-13-20(31)27-22-26-18(12-33-22)16-11-14(24)8-9-17(16)25/h3-9,11-12H,1,10,13H2,2H3,(H,26,27,31). The lowest BCUT2D eigenvalue weighted by Gasteiger charge is -2.10. The second-order valence-electron chi connectivity index (χ2n) is 6.90. The number of aromatic nitrogens is 4. The van der Waals surface area contributed by atoms with Gasteiger partial charge in [0.05, 0.1) is 24.1 Å². The van der Waals surface area contributed by atoms with E-state index >= 15 is 0 Å². The van der Waals surface area contributed by atoms with Crippen LogP contribution in [0, 0.1) is 11.6 Å². The van der Waals surface area contributed by atoms with Crippen molar-refractivity contribution in [2.24, 2.45) is 0 Å². The van der Waals surface area contributed by atoms with Crippen LogP contribution >= 0.6 is 23.1 Å². The van der Waals surface area contributed by atoms with Crippen LogP contribution in [0.2, 0.25) is 0 Å². The molecule has 2 heterocycles. The third-order valence-electron chi connectivity index (χ3n) is 4.66. The van der Waals surface area contributed by atoms with Gasteiger partial charge in [-0.25, -0.2) is 13.8 Å². The lowest BCUT2D eigenvalue weighted by Crippen LogP contribution is -2.14. The van der Waals surface area contributed by atoms with Crippen LogP contribution in [0.5, 0.6) is 5.75 Å². The van der Waals surface area contributed by atoms with Crippen molar-refractivity contribution in [2.45, 2.75) is 11.7 Å². The average molecular weight is 500 g/mol. The summed E-state index contributed by atoms with van der Waals surface area (Å²) in [4.78, 5) is 16.7. The number of benzene rings is 2. The molecule has 0 radical (unpaired) electrons. The van der Waals surface area contributed by atoms with E-state index in [0.717, 1.165) is 35.1 Å². The Bertz CT molecular complexity index is 1340. The Balaban J connectivity index is 1.46. The highest BCUT2D eigenvalue weighted by Gasteiger charge is 2.18. The molecule has 1 amide bonds. The Hall–Kier alpha value is -3.57. The fraction of sp³-hybridized carbons (Fsp3) is 0.130. The van der Waals surface area contributed by atoms with Gasteiger partial charge in [0, 0.05) is 17.5 Å². The SMILES string of the molecule is C=CCn1c(SCC(=O)Nc2nc(-c3cc(F)ccc3F)cs2)nnc1-c1ccccc1OC. The molecule has 0 aliphatic heterocycles. The largest absolute Gasteiger partial charge is 0.496 e. The van der Waals surface area contributed by atoms with Crippen LogP contribution in [0.4, 0.5) is 13.9 Å². The molecule has 4 aromatic rings. The molecule has 34 heavy (non-hydrogen) atoms. The molecule has 0 bridgehead atoms. The molecule has 2 aromatic carbocycles. The van der Waals surface area contributed by atoms with Crippen LogP contribution in [0.25, 0.3) is 22.6 Å². The molecule has 0 unspecified atom stereocenters. The predicted octanol–water partition coefficient (Wildman–Crippen LogP) is 5.27. The van der Waals surface area contributed by atoms with Crippen LogP contribution in [-0.2, 0) is 11.3 Å². The summed E-state index contributed by atoms with van der Waals surface area (Å²) in [5.41, 5.74) is 1.06. The molecule has 0 atom stereocenters. The number of anilines is 1. The van der Waals surface area contributed by atoms with E-state index in [1.54, 1.807) is 18.6 Å². The minimum absolute atomic E-state index is 0.0347. The van der Waals surface area contributed by atoms with Crippen molar-refractivity contribution in [2.75, 3.05) is 18.2 Å². The molecule has 4 rings (SSSR count). The number of nitrogens with one attached hydrogen (secondary N) is 1. The smallest absolute Gasteiger partial charge is 0.236 e. The van der Waals surface area contributed by atoms with Gasteiger partial charge in [0.25, 0.3) is 0 Å². The number of thioether (sulfide) groups is 1. The second-order valence-corrected chi connectivity index (χ2v) is 8.71. The minimum Gasteiger partial charge on any atom is -0.496 e. The molecule has 0 saturated carbocycles. The molecule has 11 heteroatoms. The maximum Gasteiger partial charge on any atom is 0.236 e. The van der Waals surface area contributed by atoms with Gasteiger partial charge in [0.15, 0.2) is 16.1 Å². The van der Waals surface area contributed by atoms with Gasteiger partial charge in [-0.1, -0.05) is 30.0 Å². The highest BCUT2D eigenvalue weighted by atomic mass is 32.2. The highest BCUT2D eigenvalue weighted by molar-refractivity contribution is 7.99. The van der Waals surface area contributed by atoms with Gasteiger partial charge in [-0.15, -0.1) is 28.1 Å². The molecule has 0 aliphatic rings. The van der Waals surface area contributed by atoms with Crippen molar-refractivity contribution in [3.63, 3.8) is 0 Å². The summed E-state index contributed by atoms with van der Waals surface area (Å²) < 4.78 is 34.7. The monoisotopic (exact) mass is 499 g/mol. The van der Waals surface area contributed by atoms with Crippen LogP contribution in [0.1, 0.15) is 0 Å². The molecule has 174 valence electrons. The van der Waals surface area contributed by atoms with Gasteiger partial charge >= 0.3 is 0 Å². The van der Waals surface area contributed by atoms with Gasteiger partial charge in [-0.3, -0.25) is 9.36 Å². The number of amides is 1. The number of para-hydroxylation sites is 1. The van der Waals surface area contributed by atoms with Crippen molar-refractivity contribution in [3.8, 4) is 28.4 Å². The highest BCUT2D eigenvalue weighted by Crippen LogP contribution is 2.31. The van der Waals surface area contributed by atoms with E-state index in [2.05, 4.69) is 27.1 Å². The zero-order valence-electron chi connectivity index (χ0n) is 18.0. The molecule has 2 aromatic heterocycles. The minimum atomic E-state index is -0.590. The Morgan fingerprint density at radius 3 is 2.85 bits per heavy atom. The fourth-order valence-corrected chi connectivity index (χ4v) is 4.63. The summed E-state index contributed by atoms with van der Waals surface area (Å²) in [6.07, 6.45) is 1.72.